The van der Waals surface area contributed by atoms with Gasteiger partial charge in [0.1, 0.15) is 6.33 Å². The third-order valence-electron chi connectivity index (χ3n) is 5.37. The molecule has 0 aliphatic heterocycles. The Hall–Kier alpha value is -3.75. The molecule has 4 aromatic rings. The van der Waals surface area contributed by atoms with Gasteiger partial charge in [0.05, 0.1) is 38.7 Å². The minimum Gasteiger partial charge on any atom is -0.397 e. The van der Waals surface area contributed by atoms with Gasteiger partial charge in [-0.15, -0.1) is 13.2 Å². The summed E-state index contributed by atoms with van der Waals surface area (Å²) >= 11 is 23.5. The quantitative estimate of drug-likeness (QED) is 0.104. The van der Waals surface area contributed by atoms with Crippen LogP contribution in [0.2, 0.25) is 15.1 Å². The molecule has 0 unspecified atom stereocenters. The van der Waals surface area contributed by atoms with E-state index in [2.05, 4.69) is 37.0 Å². The van der Waals surface area contributed by atoms with Crippen molar-refractivity contribution >= 4 is 91.5 Å². The summed E-state index contributed by atoms with van der Waals surface area (Å²) < 4.78 is 42.8. The van der Waals surface area contributed by atoms with E-state index in [9.17, 15) is 13.2 Å². The molecule has 0 radical (unpaired) electrons. The molecule has 196 valence electrons. The summed E-state index contributed by atoms with van der Waals surface area (Å²) in [5.41, 5.74) is 10.9. The molecule has 0 spiro atoms. The molecule has 13 heteroatoms. The second-order valence-corrected chi connectivity index (χ2v) is 9.64. The molecule has 2 N–H and O–H groups in total. The molecular formula is C26H13Cl3F3N5OS. The number of allylic oxidation sites excluding steroid dienone is 3. The molecular weight excluding hydrogens is 594 g/mol. The number of fused-ring (bicyclic) bond motifs is 3. The Morgan fingerprint density at radius 2 is 1.82 bits per heavy atom. The number of benzene rings is 3. The maximum absolute atomic E-state index is 12.4. The van der Waals surface area contributed by atoms with Gasteiger partial charge in [0.25, 0.3) is 0 Å². The number of ether oxygens (including phenoxy) is 1. The van der Waals surface area contributed by atoms with Gasteiger partial charge in [0.15, 0.2) is 10.9 Å². The topological polar surface area (TPSA) is 63.5 Å². The second kappa shape index (κ2) is 10.8. The summed E-state index contributed by atoms with van der Waals surface area (Å²) in [6, 6.07) is 12.5. The summed E-state index contributed by atoms with van der Waals surface area (Å²) in [5, 5.41) is 10.0. The van der Waals surface area contributed by atoms with Crippen LogP contribution in [0.25, 0.3) is 27.5 Å². The predicted molar refractivity (Wildman–Crippen MR) is 152 cm³/mol. The van der Waals surface area contributed by atoms with Gasteiger partial charge in [-0.25, -0.2) is 4.98 Å². The lowest BCUT2D eigenvalue weighted by molar-refractivity contribution is -0.303. The number of hydrazone groups is 1. The third kappa shape index (κ3) is 6.13. The Balaban J connectivity index is 1.34. The highest BCUT2D eigenvalue weighted by Crippen LogP contribution is 2.33. The molecule has 1 heterocycles. The number of alkyl halides is 3. The number of imidazole rings is 1. The number of halogens is 6. The molecule has 0 saturated carbocycles. The molecule has 5 rings (SSSR count). The van der Waals surface area contributed by atoms with E-state index in [0.29, 0.717) is 32.0 Å². The van der Waals surface area contributed by atoms with E-state index in [-0.39, 0.29) is 5.11 Å². The highest BCUT2D eigenvalue weighted by molar-refractivity contribution is 7.80. The van der Waals surface area contributed by atoms with Crippen LogP contribution in [0.15, 0.2) is 83.3 Å². The average Bonchev–Trinajstić information content (AvgIpc) is 3.30. The molecule has 3 aromatic carbocycles. The van der Waals surface area contributed by atoms with Crippen molar-refractivity contribution in [2.24, 2.45) is 5.10 Å². The first-order valence-electron chi connectivity index (χ1n) is 10.9. The number of thiocarbonyl (C=S) groups is 1. The van der Waals surface area contributed by atoms with Crippen molar-refractivity contribution in [1.82, 2.24) is 15.0 Å². The molecule has 6 nitrogen and oxygen atoms in total. The number of rotatable bonds is 5. The summed E-state index contributed by atoms with van der Waals surface area (Å²) in [6.07, 6.45) is 0.987. The Labute approximate surface area is 239 Å². The van der Waals surface area contributed by atoms with Crippen LogP contribution < -0.4 is 10.7 Å². The van der Waals surface area contributed by atoms with E-state index in [1.54, 1.807) is 17.1 Å². The largest absolute Gasteiger partial charge is 0.573 e. The van der Waals surface area contributed by atoms with E-state index >= 15 is 0 Å². The molecule has 1 aliphatic rings. The van der Waals surface area contributed by atoms with Gasteiger partial charge < -0.3 is 10.1 Å². The van der Waals surface area contributed by atoms with E-state index in [1.807, 2.05) is 30.3 Å². The second-order valence-electron chi connectivity index (χ2n) is 7.98. The van der Waals surface area contributed by atoms with Crippen LogP contribution in [0.1, 0.15) is 5.56 Å². The van der Waals surface area contributed by atoms with Crippen molar-refractivity contribution in [3.05, 3.63) is 98.8 Å². The zero-order valence-electron chi connectivity index (χ0n) is 19.3. The fourth-order valence-electron chi connectivity index (χ4n) is 3.76. The molecule has 39 heavy (non-hydrogen) atoms. The highest BCUT2D eigenvalue weighted by Gasteiger charge is 2.31. The maximum atomic E-state index is 12.4. The van der Waals surface area contributed by atoms with Gasteiger partial charge in [-0.2, -0.15) is 5.10 Å². The standard InChI is InChI=1S/C26H13Cl3F3N5OS/c27-16-10-20(28)24(21(29)11-16)35-25(39)36-34-12-14-1-7-19-15(9-14)2-8-22-23(19)33-13-37(22)17-3-5-18(6-4-17)38-26(30,31)32/h1-3,5,7-13H,(H2,35,36,39)/b34-12+. The number of nitrogens with zero attached hydrogens (tertiary/aromatic N) is 3. The zero-order chi connectivity index (χ0) is 27.7. The van der Waals surface area contributed by atoms with Crippen molar-refractivity contribution < 1.29 is 17.9 Å². The summed E-state index contributed by atoms with van der Waals surface area (Å²) in [4.78, 5) is 4.50. The van der Waals surface area contributed by atoms with Gasteiger partial charge in [0, 0.05) is 10.4 Å². The first-order chi connectivity index (χ1) is 18.6. The summed E-state index contributed by atoms with van der Waals surface area (Å²) in [6.45, 7) is 0. The van der Waals surface area contributed by atoms with Gasteiger partial charge in [-0.05, 0) is 71.0 Å². The Morgan fingerprint density at radius 1 is 1.05 bits per heavy atom. The van der Waals surface area contributed by atoms with Gasteiger partial charge in [-0.1, -0.05) is 53.0 Å². The normalized spacial score (nSPS) is 13.2. The molecule has 1 aliphatic carbocycles. The number of hydrogen-bond acceptors (Lipinski definition) is 4. The molecule has 0 amide bonds. The monoisotopic (exact) mass is 605 g/mol. The molecule has 1 aromatic heterocycles. The van der Waals surface area contributed by atoms with Crippen LogP contribution >= 0.6 is 47.0 Å². The molecule has 0 fully saturated rings. The van der Waals surface area contributed by atoms with Crippen molar-refractivity contribution in [3.8, 4) is 0 Å². The first kappa shape index (κ1) is 26.8. The SMILES string of the molecule is FC(F)(F)OC1=C=C=C(n2cnc3c4ccc(/C=N/NC(=S)Nc5c(Cl)cc(Cl)cc5Cl)cc4ccc32)C=C1. The van der Waals surface area contributed by atoms with Crippen LogP contribution in [0.3, 0.4) is 0 Å². The van der Waals surface area contributed by atoms with Crippen LogP contribution in [-0.2, 0) is 4.74 Å². The number of hydrogen-bond donors (Lipinski definition) is 2. The van der Waals surface area contributed by atoms with Crippen molar-refractivity contribution in [2.45, 2.75) is 6.36 Å². The smallest absolute Gasteiger partial charge is 0.397 e. The van der Waals surface area contributed by atoms with Crippen LogP contribution in [-0.4, -0.2) is 27.2 Å². The number of nitrogens with one attached hydrogen (secondary N) is 2. The van der Waals surface area contributed by atoms with Crippen LogP contribution in [0.5, 0.6) is 0 Å². The van der Waals surface area contributed by atoms with E-state index in [4.69, 9.17) is 47.0 Å². The Morgan fingerprint density at radius 3 is 2.51 bits per heavy atom. The minimum absolute atomic E-state index is 0.178. The minimum atomic E-state index is -4.80. The van der Waals surface area contributed by atoms with Crippen molar-refractivity contribution in [3.63, 3.8) is 0 Å². The highest BCUT2D eigenvalue weighted by atomic mass is 35.5. The summed E-state index contributed by atoms with van der Waals surface area (Å²) in [7, 11) is 0. The Kier molecular flexibility index (Phi) is 7.42. The van der Waals surface area contributed by atoms with E-state index in [0.717, 1.165) is 21.9 Å². The molecule has 0 saturated heterocycles. The van der Waals surface area contributed by atoms with Gasteiger partial charge in [-0.3, -0.25) is 9.99 Å². The van der Waals surface area contributed by atoms with Crippen molar-refractivity contribution in [1.29, 1.82) is 0 Å². The fraction of sp³-hybridized carbons (Fsp3) is 0.0385. The lowest BCUT2D eigenvalue weighted by Crippen LogP contribution is -2.24. The number of aromatic nitrogens is 2. The zero-order valence-corrected chi connectivity index (χ0v) is 22.4. The van der Waals surface area contributed by atoms with E-state index < -0.39 is 12.1 Å². The van der Waals surface area contributed by atoms with Crippen LogP contribution in [0.4, 0.5) is 18.9 Å². The van der Waals surface area contributed by atoms with Gasteiger partial charge in [0.2, 0.25) is 0 Å². The Bertz CT molecular complexity index is 1790. The average molecular weight is 607 g/mol. The molecule has 0 atom stereocenters. The van der Waals surface area contributed by atoms with Crippen molar-refractivity contribution in [2.75, 3.05) is 5.32 Å². The molecule has 0 bridgehead atoms. The van der Waals surface area contributed by atoms with E-state index in [1.165, 1.54) is 24.3 Å². The van der Waals surface area contributed by atoms with Crippen LogP contribution in [0, 0.1) is 0 Å². The predicted octanol–water partition coefficient (Wildman–Crippen LogP) is 8.06. The summed E-state index contributed by atoms with van der Waals surface area (Å²) in [5.74, 6) is -0.473. The lowest BCUT2D eigenvalue weighted by atomic mass is 10.1. The first-order valence-corrected chi connectivity index (χ1v) is 12.5. The third-order valence-corrected chi connectivity index (χ3v) is 6.38. The fourth-order valence-corrected chi connectivity index (χ4v) is 4.82. The number of anilines is 1. The lowest BCUT2D eigenvalue weighted by Gasteiger charge is -2.11. The maximum Gasteiger partial charge on any atom is 0.573 e. The van der Waals surface area contributed by atoms with Gasteiger partial charge >= 0.3 is 6.36 Å².